The Morgan fingerprint density at radius 1 is 0.912 bits per heavy atom. The molecule has 3 aromatic carbocycles. The quantitative estimate of drug-likeness (QED) is 0.199. The lowest BCUT2D eigenvalue weighted by molar-refractivity contribution is -0.154. The first-order chi connectivity index (χ1) is 16.0. The van der Waals surface area contributed by atoms with Crippen LogP contribution >= 0.6 is 34.8 Å². The molecule has 0 N–H and O–H groups in total. The van der Waals surface area contributed by atoms with Crippen LogP contribution in [0.4, 0.5) is 13.2 Å². The Bertz CT molecular complexity index is 1480. The van der Waals surface area contributed by atoms with Crippen LogP contribution in [-0.4, -0.2) is 5.97 Å². The number of benzene rings is 3. The number of ether oxygens (including phenoxy) is 2. The predicted octanol–water partition coefficient (Wildman–Crippen LogP) is 7.78. The van der Waals surface area contributed by atoms with E-state index in [2.05, 4.69) is 0 Å². The number of esters is 1. The Balaban J connectivity index is 1.77. The second kappa shape index (κ2) is 9.21. The van der Waals surface area contributed by atoms with E-state index in [9.17, 15) is 22.8 Å². The maximum absolute atomic E-state index is 13.7. The van der Waals surface area contributed by atoms with Crippen LogP contribution in [0.1, 0.15) is 16.1 Å². The molecular formula is C23H10Cl3F3O5. The van der Waals surface area contributed by atoms with E-state index in [0.717, 1.165) is 12.1 Å². The van der Waals surface area contributed by atoms with Gasteiger partial charge in [0.15, 0.2) is 0 Å². The van der Waals surface area contributed by atoms with Crippen molar-refractivity contribution < 1.29 is 31.9 Å². The third kappa shape index (κ3) is 4.84. The zero-order chi connectivity index (χ0) is 24.6. The fourth-order valence-electron chi connectivity index (χ4n) is 2.95. The van der Waals surface area contributed by atoms with Crippen LogP contribution in [0.2, 0.25) is 15.1 Å². The number of para-hydroxylation sites is 1. The minimum Gasteiger partial charge on any atom is -0.448 e. The van der Waals surface area contributed by atoms with E-state index in [1.54, 1.807) is 6.07 Å². The summed E-state index contributed by atoms with van der Waals surface area (Å²) in [5, 5.41) is 0.0756. The van der Waals surface area contributed by atoms with Crippen molar-refractivity contribution in [1.29, 1.82) is 0 Å². The maximum atomic E-state index is 13.7. The largest absolute Gasteiger partial charge is 0.453 e. The highest BCUT2D eigenvalue weighted by Crippen LogP contribution is 2.40. The molecule has 11 heteroatoms. The van der Waals surface area contributed by atoms with Crippen molar-refractivity contribution in [1.82, 2.24) is 0 Å². The third-order valence-corrected chi connectivity index (χ3v) is 5.35. The summed E-state index contributed by atoms with van der Waals surface area (Å²) in [6, 6.07) is 13.1. The number of carbonyl (C=O) groups excluding carboxylic acids is 1. The predicted molar refractivity (Wildman–Crippen MR) is 120 cm³/mol. The number of fused-ring (bicyclic) bond motifs is 1. The summed E-state index contributed by atoms with van der Waals surface area (Å²) in [6.07, 6.45) is -5.08. The van der Waals surface area contributed by atoms with Gasteiger partial charge in [-0.2, -0.15) is 13.2 Å². The van der Waals surface area contributed by atoms with Gasteiger partial charge in [-0.1, -0.05) is 46.9 Å². The fourth-order valence-corrected chi connectivity index (χ4v) is 3.61. The van der Waals surface area contributed by atoms with Crippen molar-refractivity contribution in [2.75, 3.05) is 0 Å². The van der Waals surface area contributed by atoms with E-state index in [1.165, 1.54) is 42.5 Å². The number of carbonyl (C=O) groups is 1. The smallest absolute Gasteiger partial charge is 0.448 e. The number of halogens is 6. The van der Waals surface area contributed by atoms with Gasteiger partial charge in [-0.05, 0) is 42.5 Å². The average molecular weight is 530 g/mol. The van der Waals surface area contributed by atoms with Gasteiger partial charge in [0, 0.05) is 11.1 Å². The van der Waals surface area contributed by atoms with Crippen LogP contribution < -0.4 is 14.9 Å². The van der Waals surface area contributed by atoms with Gasteiger partial charge >= 0.3 is 12.1 Å². The summed E-state index contributed by atoms with van der Waals surface area (Å²) >= 11 is 17.7. The molecule has 0 atom stereocenters. The molecular weight excluding hydrogens is 520 g/mol. The molecule has 0 fully saturated rings. The lowest BCUT2D eigenvalue weighted by Gasteiger charge is -2.14. The van der Waals surface area contributed by atoms with Gasteiger partial charge in [0.05, 0.1) is 21.0 Å². The molecule has 0 aliphatic heterocycles. The summed E-state index contributed by atoms with van der Waals surface area (Å²) in [4.78, 5) is 25.3. The standard InChI is InChI=1S/C23H10Cl3F3O5/c24-11-5-7-13(16(26)9-11)22(31)32-12-6-8-14-18(10-12)34-21(23(27,28)29)20(19(14)30)33-17-4-2-1-3-15(17)25/h1-10H. The van der Waals surface area contributed by atoms with Crippen molar-refractivity contribution in [2.24, 2.45) is 0 Å². The topological polar surface area (TPSA) is 65.7 Å². The maximum Gasteiger partial charge on any atom is 0.453 e. The Morgan fingerprint density at radius 2 is 1.65 bits per heavy atom. The molecule has 0 aliphatic rings. The second-order valence-corrected chi connectivity index (χ2v) is 8.04. The Hall–Kier alpha value is -3.20. The van der Waals surface area contributed by atoms with E-state index in [1.807, 2.05) is 0 Å². The van der Waals surface area contributed by atoms with Crippen LogP contribution in [0.5, 0.6) is 17.2 Å². The molecule has 4 aromatic rings. The van der Waals surface area contributed by atoms with Crippen molar-refractivity contribution in [3.05, 3.63) is 97.3 Å². The summed E-state index contributed by atoms with van der Waals surface area (Å²) in [5.74, 6) is -3.98. The van der Waals surface area contributed by atoms with Crippen LogP contribution in [0.15, 0.2) is 69.9 Å². The minimum atomic E-state index is -5.08. The van der Waals surface area contributed by atoms with Gasteiger partial charge in [0.1, 0.15) is 17.1 Å². The van der Waals surface area contributed by atoms with Crippen LogP contribution in [-0.2, 0) is 6.18 Å². The normalized spacial score (nSPS) is 11.5. The second-order valence-electron chi connectivity index (χ2n) is 6.79. The highest BCUT2D eigenvalue weighted by molar-refractivity contribution is 6.36. The van der Waals surface area contributed by atoms with E-state index in [-0.39, 0.29) is 32.5 Å². The molecule has 1 aromatic heterocycles. The van der Waals surface area contributed by atoms with Crippen LogP contribution in [0.3, 0.4) is 0 Å². The minimum absolute atomic E-state index is 0.00163. The molecule has 34 heavy (non-hydrogen) atoms. The molecule has 0 saturated carbocycles. The van der Waals surface area contributed by atoms with Crippen molar-refractivity contribution >= 4 is 51.7 Å². The number of hydrogen-bond acceptors (Lipinski definition) is 5. The molecule has 174 valence electrons. The molecule has 0 aliphatic carbocycles. The first-order valence-corrected chi connectivity index (χ1v) is 10.5. The van der Waals surface area contributed by atoms with Gasteiger partial charge in [0.25, 0.3) is 5.76 Å². The zero-order valence-corrected chi connectivity index (χ0v) is 18.9. The van der Waals surface area contributed by atoms with E-state index in [4.69, 9.17) is 48.7 Å². The van der Waals surface area contributed by atoms with Crippen LogP contribution in [0, 0.1) is 0 Å². The first kappa shape index (κ1) is 23.9. The van der Waals surface area contributed by atoms with Gasteiger partial charge in [-0.25, -0.2) is 4.79 Å². The van der Waals surface area contributed by atoms with Crippen molar-refractivity contribution in [3.8, 4) is 17.2 Å². The lowest BCUT2D eigenvalue weighted by Crippen LogP contribution is -2.16. The number of hydrogen-bond donors (Lipinski definition) is 0. The summed E-state index contributed by atoms with van der Waals surface area (Å²) in [7, 11) is 0. The molecule has 0 saturated heterocycles. The summed E-state index contributed by atoms with van der Waals surface area (Å²) in [6.45, 7) is 0. The fraction of sp³-hybridized carbons (Fsp3) is 0.0435. The lowest BCUT2D eigenvalue weighted by atomic mass is 10.2. The molecule has 0 bridgehead atoms. The molecule has 0 spiro atoms. The molecule has 4 rings (SSSR count). The summed E-state index contributed by atoms with van der Waals surface area (Å²) < 4.78 is 56.5. The van der Waals surface area contributed by atoms with Gasteiger partial charge < -0.3 is 13.9 Å². The van der Waals surface area contributed by atoms with Crippen LogP contribution in [0.25, 0.3) is 11.0 Å². The zero-order valence-electron chi connectivity index (χ0n) is 16.6. The van der Waals surface area contributed by atoms with Gasteiger partial charge in [0.2, 0.25) is 11.2 Å². The molecule has 0 amide bonds. The number of rotatable bonds is 4. The molecule has 0 unspecified atom stereocenters. The van der Waals surface area contributed by atoms with Crippen molar-refractivity contribution in [3.63, 3.8) is 0 Å². The van der Waals surface area contributed by atoms with Gasteiger partial charge in [-0.3, -0.25) is 4.79 Å². The Labute approximate surface area is 204 Å². The first-order valence-electron chi connectivity index (χ1n) is 9.32. The monoisotopic (exact) mass is 528 g/mol. The molecule has 0 radical (unpaired) electrons. The van der Waals surface area contributed by atoms with E-state index in [0.29, 0.717) is 5.02 Å². The van der Waals surface area contributed by atoms with E-state index < -0.39 is 34.7 Å². The van der Waals surface area contributed by atoms with Gasteiger partial charge in [-0.15, -0.1) is 0 Å². The Morgan fingerprint density at radius 3 is 2.32 bits per heavy atom. The molecule has 5 nitrogen and oxygen atoms in total. The molecule has 1 heterocycles. The highest BCUT2D eigenvalue weighted by atomic mass is 35.5. The Kier molecular flexibility index (Phi) is 6.49. The summed E-state index contributed by atoms with van der Waals surface area (Å²) in [5.41, 5.74) is -1.59. The third-order valence-electron chi connectivity index (χ3n) is 4.49. The average Bonchev–Trinajstić information content (AvgIpc) is 2.76. The van der Waals surface area contributed by atoms with E-state index >= 15 is 0 Å². The SMILES string of the molecule is O=C(Oc1ccc2c(=O)c(Oc3ccccc3Cl)c(C(F)(F)F)oc2c1)c1ccc(Cl)cc1Cl. The highest BCUT2D eigenvalue weighted by Gasteiger charge is 2.40. The number of alkyl halides is 3. The van der Waals surface area contributed by atoms with Crippen molar-refractivity contribution in [2.45, 2.75) is 6.18 Å².